The van der Waals surface area contributed by atoms with E-state index < -0.39 is 0 Å². The molecule has 1 heterocycles. The van der Waals surface area contributed by atoms with E-state index in [0.29, 0.717) is 29.4 Å². The van der Waals surface area contributed by atoms with Crippen molar-refractivity contribution in [1.29, 1.82) is 0 Å². The van der Waals surface area contributed by atoms with Crippen molar-refractivity contribution in [3.8, 4) is 22.6 Å². The molecule has 7 heteroatoms. The SMILES string of the molecule is COc1ccc(NC(=O)c2nnn(Cc3ccccc3-c3ccccc3)c2C)cc1OC. The van der Waals surface area contributed by atoms with Gasteiger partial charge in [0.2, 0.25) is 0 Å². The highest BCUT2D eigenvalue weighted by molar-refractivity contribution is 6.03. The molecule has 0 saturated carbocycles. The minimum atomic E-state index is -0.336. The summed E-state index contributed by atoms with van der Waals surface area (Å²) in [5, 5.41) is 11.2. The first-order valence-corrected chi connectivity index (χ1v) is 10.2. The van der Waals surface area contributed by atoms with E-state index in [1.807, 2.05) is 37.3 Å². The van der Waals surface area contributed by atoms with Gasteiger partial charge in [-0.25, -0.2) is 4.68 Å². The Balaban J connectivity index is 1.55. The molecule has 0 aliphatic rings. The van der Waals surface area contributed by atoms with E-state index in [2.05, 4.69) is 39.9 Å². The zero-order valence-corrected chi connectivity index (χ0v) is 18.2. The standard InChI is InChI=1S/C25H24N4O3/c1-17-24(25(30)26-20-13-14-22(31-2)23(15-20)32-3)27-28-29(17)16-19-11-7-8-12-21(19)18-9-5-4-6-10-18/h4-15H,16H2,1-3H3,(H,26,30). The van der Waals surface area contributed by atoms with Gasteiger partial charge in [0.25, 0.3) is 5.91 Å². The maximum atomic E-state index is 12.8. The number of amides is 1. The van der Waals surface area contributed by atoms with E-state index in [-0.39, 0.29) is 11.6 Å². The van der Waals surface area contributed by atoms with Gasteiger partial charge in [0.1, 0.15) is 0 Å². The second-order valence-electron chi connectivity index (χ2n) is 7.23. The van der Waals surface area contributed by atoms with Crippen LogP contribution in [0.25, 0.3) is 11.1 Å². The third-order valence-electron chi connectivity index (χ3n) is 5.26. The molecule has 1 N–H and O–H groups in total. The molecule has 0 radical (unpaired) electrons. The topological polar surface area (TPSA) is 78.3 Å². The molecule has 3 aromatic carbocycles. The minimum absolute atomic E-state index is 0.275. The Labute approximate surface area is 186 Å². The molecule has 162 valence electrons. The van der Waals surface area contributed by atoms with Crippen molar-refractivity contribution >= 4 is 11.6 Å². The normalized spacial score (nSPS) is 10.6. The van der Waals surface area contributed by atoms with Crippen LogP contribution in [0.3, 0.4) is 0 Å². The predicted octanol–water partition coefficient (Wildman–Crippen LogP) is 4.57. The maximum Gasteiger partial charge on any atom is 0.278 e. The Morgan fingerprint density at radius 1 is 0.938 bits per heavy atom. The van der Waals surface area contributed by atoms with Crippen LogP contribution in [0.15, 0.2) is 72.8 Å². The van der Waals surface area contributed by atoms with Gasteiger partial charge >= 0.3 is 0 Å². The lowest BCUT2D eigenvalue weighted by molar-refractivity contribution is 0.102. The van der Waals surface area contributed by atoms with Gasteiger partial charge < -0.3 is 14.8 Å². The van der Waals surface area contributed by atoms with Gasteiger partial charge in [0.05, 0.1) is 26.5 Å². The van der Waals surface area contributed by atoms with Gasteiger partial charge in [-0.3, -0.25) is 4.79 Å². The van der Waals surface area contributed by atoms with Crippen molar-refractivity contribution in [2.45, 2.75) is 13.5 Å². The highest BCUT2D eigenvalue weighted by Gasteiger charge is 2.18. The minimum Gasteiger partial charge on any atom is -0.493 e. The summed E-state index contributed by atoms with van der Waals surface area (Å²) >= 11 is 0. The second kappa shape index (κ2) is 9.34. The fraction of sp³-hybridized carbons (Fsp3) is 0.160. The first-order chi connectivity index (χ1) is 15.6. The molecule has 4 rings (SSSR count). The number of rotatable bonds is 7. The largest absolute Gasteiger partial charge is 0.493 e. The van der Waals surface area contributed by atoms with Crippen LogP contribution in [0.2, 0.25) is 0 Å². The van der Waals surface area contributed by atoms with Gasteiger partial charge in [0, 0.05) is 11.8 Å². The molecule has 0 bridgehead atoms. The van der Waals surface area contributed by atoms with Crippen molar-refractivity contribution in [2.24, 2.45) is 0 Å². The summed E-state index contributed by atoms with van der Waals surface area (Å²) in [5.41, 5.74) is 4.89. The Bertz CT molecular complexity index is 1240. The van der Waals surface area contributed by atoms with E-state index >= 15 is 0 Å². The summed E-state index contributed by atoms with van der Waals surface area (Å²) in [6, 6.07) is 23.5. The molecular formula is C25H24N4O3. The molecule has 32 heavy (non-hydrogen) atoms. The zero-order chi connectivity index (χ0) is 22.5. The van der Waals surface area contributed by atoms with Crippen LogP contribution < -0.4 is 14.8 Å². The molecule has 0 aliphatic heterocycles. The molecule has 0 aliphatic carbocycles. The highest BCUT2D eigenvalue weighted by Crippen LogP contribution is 2.30. The van der Waals surface area contributed by atoms with Crippen molar-refractivity contribution in [1.82, 2.24) is 15.0 Å². The van der Waals surface area contributed by atoms with E-state index in [4.69, 9.17) is 9.47 Å². The molecule has 0 saturated heterocycles. The summed E-state index contributed by atoms with van der Waals surface area (Å²) in [7, 11) is 3.11. The van der Waals surface area contributed by atoms with E-state index in [0.717, 1.165) is 16.7 Å². The second-order valence-corrected chi connectivity index (χ2v) is 7.23. The third-order valence-corrected chi connectivity index (χ3v) is 5.26. The molecule has 0 atom stereocenters. The van der Waals surface area contributed by atoms with Gasteiger partial charge in [-0.2, -0.15) is 0 Å². The molecule has 4 aromatic rings. The molecule has 1 aromatic heterocycles. The predicted molar refractivity (Wildman–Crippen MR) is 123 cm³/mol. The smallest absolute Gasteiger partial charge is 0.278 e. The fourth-order valence-electron chi connectivity index (χ4n) is 3.54. The maximum absolute atomic E-state index is 12.8. The number of anilines is 1. The van der Waals surface area contributed by atoms with Gasteiger partial charge in [-0.1, -0.05) is 59.8 Å². The number of nitrogens with zero attached hydrogens (tertiary/aromatic N) is 3. The Morgan fingerprint density at radius 2 is 1.66 bits per heavy atom. The number of aromatic nitrogens is 3. The molecular weight excluding hydrogens is 404 g/mol. The lowest BCUT2D eigenvalue weighted by atomic mass is 10.00. The number of hydrogen-bond donors (Lipinski definition) is 1. The lowest BCUT2D eigenvalue weighted by Crippen LogP contribution is -2.14. The van der Waals surface area contributed by atoms with Gasteiger partial charge in [0.15, 0.2) is 17.2 Å². The molecule has 7 nitrogen and oxygen atoms in total. The first-order valence-electron chi connectivity index (χ1n) is 10.2. The van der Waals surface area contributed by atoms with E-state index in [1.165, 1.54) is 0 Å². The first kappa shape index (κ1) is 21.1. The number of ether oxygens (including phenoxy) is 2. The summed E-state index contributed by atoms with van der Waals surface area (Å²) in [5.74, 6) is 0.783. The summed E-state index contributed by atoms with van der Waals surface area (Å²) < 4.78 is 12.3. The van der Waals surface area contributed by atoms with Crippen molar-refractivity contribution in [3.63, 3.8) is 0 Å². The van der Waals surface area contributed by atoms with Crippen LogP contribution in [0.1, 0.15) is 21.7 Å². The monoisotopic (exact) mass is 428 g/mol. The molecule has 0 spiro atoms. The van der Waals surface area contributed by atoms with Gasteiger partial charge in [-0.15, -0.1) is 5.10 Å². The highest BCUT2D eigenvalue weighted by atomic mass is 16.5. The molecule has 0 fully saturated rings. The van der Waals surface area contributed by atoms with Gasteiger partial charge in [-0.05, 0) is 35.7 Å². The number of benzene rings is 3. The van der Waals surface area contributed by atoms with Crippen LogP contribution >= 0.6 is 0 Å². The van der Waals surface area contributed by atoms with Crippen molar-refractivity contribution in [2.75, 3.05) is 19.5 Å². The van der Waals surface area contributed by atoms with Crippen molar-refractivity contribution in [3.05, 3.63) is 89.7 Å². The Morgan fingerprint density at radius 3 is 2.41 bits per heavy atom. The lowest BCUT2D eigenvalue weighted by Gasteiger charge is -2.11. The summed E-state index contributed by atoms with van der Waals surface area (Å²) in [6.45, 7) is 2.35. The summed E-state index contributed by atoms with van der Waals surface area (Å²) in [6.07, 6.45) is 0. The number of hydrogen-bond acceptors (Lipinski definition) is 5. The molecule has 0 unspecified atom stereocenters. The Hall–Kier alpha value is -4.13. The van der Waals surface area contributed by atoms with Crippen LogP contribution in [-0.2, 0) is 6.54 Å². The number of methoxy groups -OCH3 is 2. The fourth-order valence-corrected chi connectivity index (χ4v) is 3.54. The van der Waals surface area contributed by atoms with Crippen LogP contribution in [0, 0.1) is 6.92 Å². The number of carbonyl (C=O) groups excluding carboxylic acids is 1. The Kier molecular flexibility index (Phi) is 6.17. The summed E-state index contributed by atoms with van der Waals surface area (Å²) in [4.78, 5) is 12.8. The average Bonchev–Trinajstić information content (AvgIpc) is 3.20. The van der Waals surface area contributed by atoms with Crippen LogP contribution in [-0.4, -0.2) is 35.1 Å². The zero-order valence-electron chi connectivity index (χ0n) is 18.2. The van der Waals surface area contributed by atoms with E-state index in [9.17, 15) is 4.79 Å². The van der Waals surface area contributed by atoms with Crippen LogP contribution in [0.5, 0.6) is 11.5 Å². The number of carbonyl (C=O) groups is 1. The van der Waals surface area contributed by atoms with E-state index in [1.54, 1.807) is 37.1 Å². The third kappa shape index (κ3) is 4.32. The molecule has 1 amide bonds. The quantitative estimate of drug-likeness (QED) is 0.466. The van der Waals surface area contributed by atoms with Crippen molar-refractivity contribution < 1.29 is 14.3 Å². The van der Waals surface area contributed by atoms with Crippen LogP contribution in [0.4, 0.5) is 5.69 Å². The average molecular weight is 428 g/mol. The number of nitrogens with one attached hydrogen (secondary N) is 1.